The predicted molar refractivity (Wildman–Crippen MR) is 120 cm³/mol. The Morgan fingerprint density at radius 3 is 2.48 bits per heavy atom. The van der Waals surface area contributed by atoms with Crippen LogP contribution in [0.2, 0.25) is 0 Å². The Kier molecular flexibility index (Phi) is 6.77. The Balaban J connectivity index is 1.37. The van der Waals surface area contributed by atoms with Crippen LogP contribution in [-0.4, -0.2) is 80.0 Å². The highest BCUT2D eigenvalue weighted by Gasteiger charge is 2.32. The third kappa shape index (κ3) is 4.70. The molecule has 0 bridgehead atoms. The molecule has 1 atom stereocenters. The summed E-state index contributed by atoms with van der Waals surface area (Å²) in [5.74, 6) is 1.80. The molecule has 8 heteroatoms. The molecule has 166 valence electrons. The van der Waals surface area contributed by atoms with Crippen molar-refractivity contribution in [3.63, 3.8) is 0 Å². The maximum absolute atomic E-state index is 13.0. The van der Waals surface area contributed by atoms with Crippen molar-refractivity contribution < 1.29 is 19.1 Å². The average molecular weight is 444 g/mol. The minimum absolute atomic E-state index is 0.0619. The van der Waals surface area contributed by atoms with E-state index >= 15 is 0 Å². The van der Waals surface area contributed by atoms with Crippen LogP contribution in [0.4, 0.5) is 0 Å². The molecule has 7 nitrogen and oxygen atoms in total. The van der Waals surface area contributed by atoms with Gasteiger partial charge in [-0.3, -0.25) is 14.5 Å². The summed E-state index contributed by atoms with van der Waals surface area (Å²) in [6, 6.07) is 9.71. The fourth-order valence-corrected chi connectivity index (χ4v) is 5.15. The number of carbonyl (C=O) groups is 2. The number of rotatable bonds is 6. The highest BCUT2D eigenvalue weighted by atomic mass is 32.1. The van der Waals surface area contributed by atoms with E-state index in [-0.39, 0.29) is 17.9 Å². The quantitative estimate of drug-likeness (QED) is 0.687. The van der Waals surface area contributed by atoms with Crippen LogP contribution in [0.25, 0.3) is 0 Å². The van der Waals surface area contributed by atoms with Crippen LogP contribution in [0.3, 0.4) is 0 Å². The Morgan fingerprint density at radius 2 is 1.81 bits per heavy atom. The molecular weight excluding hydrogens is 414 g/mol. The highest BCUT2D eigenvalue weighted by molar-refractivity contribution is 7.12. The molecule has 1 aromatic carbocycles. The standard InChI is InChI=1S/C23H29N3O4S/c1-29-17-7-8-20(30-2)18(15-17)19-5-3-9-26(19)16-22(27)24-10-12-25(13-11-24)23(28)21-6-4-14-31-21/h4,6-8,14-15,19H,3,5,9-13,16H2,1-2H3. The predicted octanol–water partition coefficient (Wildman–Crippen LogP) is 2.89. The van der Waals surface area contributed by atoms with Crippen LogP contribution in [0.1, 0.15) is 34.1 Å². The van der Waals surface area contributed by atoms with Crippen LogP contribution >= 0.6 is 11.3 Å². The first-order valence-corrected chi connectivity index (χ1v) is 11.5. The van der Waals surface area contributed by atoms with E-state index in [0.29, 0.717) is 32.7 Å². The summed E-state index contributed by atoms with van der Waals surface area (Å²) >= 11 is 1.46. The molecule has 4 rings (SSSR count). The lowest BCUT2D eigenvalue weighted by Crippen LogP contribution is -2.52. The molecule has 2 aliphatic heterocycles. The third-order valence-electron chi connectivity index (χ3n) is 6.15. The van der Waals surface area contributed by atoms with Gasteiger partial charge in [0.2, 0.25) is 5.91 Å². The molecule has 1 unspecified atom stereocenters. The summed E-state index contributed by atoms with van der Waals surface area (Å²) in [6.45, 7) is 3.58. The van der Waals surface area contributed by atoms with E-state index < -0.39 is 0 Å². The van der Waals surface area contributed by atoms with Crippen molar-refractivity contribution in [1.82, 2.24) is 14.7 Å². The van der Waals surface area contributed by atoms with Gasteiger partial charge in [0.05, 0.1) is 25.6 Å². The second kappa shape index (κ2) is 9.70. The van der Waals surface area contributed by atoms with Crippen molar-refractivity contribution in [3.05, 3.63) is 46.2 Å². The average Bonchev–Trinajstić information content (AvgIpc) is 3.50. The minimum Gasteiger partial charge on any atom is -0.497 e. The lowest BCUT2D eigenvalue weighted by Gasteiger charge is -2.36. The molecular formula is C23H29N3O4S. The molecule has 2 fully saturated rings. The van der Waals surface area contributed by atoms with Gasteiger partial charge in [0.15, 0.2) is 0 Å². The van der Waals surface area contributed by atoms with E-state index in [1.54, 1.807) is 14.2 Å². The Morgan fingerprint density at radius 1 is 1.03 bits per heavy atom. The minimum atomic E-state index is 0.0619. The molecule has 2 amide bonds. The number of ether oxygens (including phenoxy) is 2. The fraction of sp³-hybridized carbons (Fsp3) is 0.478. The van der Waals surface area contributed by atoms with Gasteiger partial charge in [0, 0.05) is 37.8 Å². The molecule has 0 N–H and O–H groups in total. The van der Waals surface area contributed by atoms with Gasteiger partial charge in [-0.15, -0.1) is 11.3 Å². The molecule has 0 spiro atoms. The molecule has 0 radical (unpaired) electrons. The van der Waals surface area contributed by atoms with Crippen molar-refractivity contribution in [1.29, 1.82) is 0 Å². The van der Waals surface area contributed by atoms with Gasteiger partial charge in [0.1, 0.15) is 11.5 Å². The van der Waals surface area contributed by atoms with Gasteiger partial charge in [-0.25, -0.2) is 0 Å². The molecule has 3 heterocycles. The number of carbonyl (C=O) groups excluding carboxylic acids is 2. The van der Waals surface area contributed by atoms with Crippen LogP contribution in [0.15, 0.2) is 35.7 Å². The first-order valence-electron chi connectivity index (χ1n) is 10.7. The molecule has 1 aromatic heterocycles. The van der Waals surface area contributed by atoms with Gasteiger partial charge < -0.3 is 19.3 Å². The largest absolute Gasteiger partial charge is 0.497 e. The summed E-state index contributed by atoms with van der Waals surface area (Å²) < 4.78 is 11.0. The number of hydrogen-bond acceptors (Lipinski definition) is 6. The molecule has 2 aromatic rings. The summed E-state index contributed by atoms with van der Waals surface area (Å²) in [5.41, 5.74) is 1.07. The van der Waals surface area contributed by atoms with Crippen molar-refractivity contribution in [2.24, 2.45) is 0 Å². The number of amides is 2. The van der Waals surface area contributed by atoms with Crippen LogP contribution in [-0.2, 0) is 4.79 Å². The van der Waals surface area contributed by atoms with E-state index in [4.69, 9.17) is 9.47 Å². The normalized spacial score (nSPS) is 19.5. The first-order chi connectivity index (χ1) is 15.1. The Labute approximate surface area is 187 Å². The summed E-state index contributed by atoms with van der Waals surface area (Å²) in [4.78, 5) is 32.3. The smallest absolute Gasteiger partial charge is 0.264 e. The first kappa shape index (κ1) is 21.6. The van der Waals surface area contributed by atoms with Crippen LogP contribution in [0, 0.1) is 0 Å². The summed E-state index contributed by atoms with van der Waals surface area (Å²) in [6.07, 6.45) is 2.03. The number of nitrogens with zero attached hydrogens (tertiary/aromatic N) is 3. The van der Waals surface area contributed by atoms with E-state index in [2.05, 4.69) is 4.90 Å². The van der Waals surface area contributed by atoms with Gasteiger partial charge in [-0.05, 0) is 49.0 Å². The molecule has 2 saturated heterocycles. The third-order valence-corrected chi connectivity index (χ3v) is 7.01. The van der Waals surface area contributed by atoms with Crippen molar-refractivity contribution in [3.8, 4) is 11.5 Å². The second-order valence-electron chi connectivity index (χ2n) is 7.89. The maximum atomic E-state index is 13.0. The van der Waals surface area contributed by atoms with Gasteiger partial charge in [-0.1, -0.05) is 6.07 Å². The zero-order valence-corrected chi connectivity index (χ0v) is 18.9. The monoisotopic (exact) mass is 443 g/mol. The van der Waals surface area contributed by atoms with E-state index in [9.17, 15) is 9.59 Å². The zero-order valence-electron chi connectivity index (χ0n) is 18.1. The molecule has 2 aliphatic rings. The lowest BCUT2D eigenvalue weighted by molar-refractivity contribution is -0.134. The molecule has 0 saturated carbocycles. The van der Waals surface area contributed by atoms with Crippen molar-refractivity contribution in [2.45, 2.75) is 18.9 Å². The van der Waals surface area contributed by atoms with Gasteiger partial charge >= 0.3 is 0 Å². The maximum Gasteiger partial charge on any atom is 0.264 e. The Hall–Kier alpha value is -2.58. The van der Waals surface area contributed by atoms with Crippen LogP contribution in [0.5, 0.6) is 11.5 Å². The summed E-state index contributed by atoms with van der Waals surface area (Å²) in [5, 5.41) is 1.91. The molecule has 0 aliphatic carbocycles. The number of piperazine rings is 1. The number of methoxy groups -OCH3 is 2. The Bertz CT molecular complexity index is 910. The van der Waals surface area contributed by atoms with Gasteiger partial charge in [-0.2, -0.15) is 0 Å². The van der Waals surface area contributed by atoms with Crippen LogP contribution < -0.4 is 9.47 Å². The van der Waals surface area contributed by atoms with E-state index in [0.717, 1.165) is 41.3 Å². The summed E-state index contributed by atoms with van der Waals surface area (Å²) in [7, 11) is 3.33. The number of benzene rings is 1. The van der Waals surface area contributed by atoms with Crippen molar-refractivity contribution >= 4 is 23.2 Å². The lowest BCUT2D eigenvalue weighted by atomic mass is 10.0. The number of likely N-dealkylation sites (tertiary alicyclic amines) is 1. The molecule has 31 heavy (non-hydrogen) atoms. The van der Waals surface area contributed by atoms with E-state index in [1.165, 1.54) is 11.3 Å². The fourth-order valence-electron chi connectivity index (χ4n) is 4.46. The van der Waals surface area contributed by atoms with E-state index in [1.807, 2.05) is 45.5 Å². The topological polar surface area (TPSA) is 62.3 Å². The number of thiophene rings is 1. The van der Waals surface area contributed by atoms with Gasteiger partial charge in [0.25, 0.3) is 5.91 Å². The SMILES string of the molecule is COc1ccc(OC)c(C2CCCN2CC(=O)N2CCN(C(=O)c3cccs3)CC2)c1. The van der Waals surface area contributed by atoms with Crippen molar-refractivity contribution in [2.75, 3.05) is 53.5 Å². The highest BCUT2D eigenvalue weighted by Crippen LogP contribution is 2.38. The second-order valence-corrected chi connectivity index (χ2v) is 8.83. The zero-order chi connectivity index (χ0) is 21.8. The number of hydrogen-bond donors (Lipinski definition) is 0.